The largest absolute Gasteiger partial charge is 0.493 e. The molecule has 0 aliphatic carbocycles. The molecule has 2 N–H and O–H groups in total. The maximum absolute atomic E-state index is 5.56. The highest BCUT2D eigenvalue weighted by atomic mass is 32.1. The van der Waals surface area contributed by atoms with Crippen LogP contribution in [0.2, 0.25) is 0 Å². The number of anilines is 5. The summed E-state index contributed by atoms with van der Waals surface area (Å²) in [6.45, 7) is 2.96. The molecule has 1 aliphatic rings. The van der Waals surface area contributed by atoms with E-state index in [1.54, 1.807) is 46.0 Å². The predicted octanol–water partition coefficient (Wildman–Crippen LogP) is 4.44. The van der Waals surface area contributed by atoms with E-state index in [-0.39, 0.29) is 0 Å². The van der Waals surface area contributed by atoms with Gasteiger partial charge in [0, 0.05) is 36.3 Å². The lowest BCUT2D eigenvalue weighted by Crippen LogP contribution is -2.36. The predicted molar refractivity (Wildman–Crippen MR) is 144 cm³/mol. The average molecular weight is 525 g/mol. The van der Waals surface area contributed by atoms with Crippen LogP contribution in [0.4, 0.5) is 28.8 Å². The number of morpholine rings is 1. The second-order valence-corrected chi connectivity index (χ2v) is 8.96. The fraction of sp³-hybridized carbons (Fsp3) is 0.320. The van der Waals surface area contributed by atoms with Crippen LogP contribution in [0.3, 0.4) is 0 Å². The Hall–Kier alpha value is -4.03. The molecule has 4 heterocycles. The van der Waals surface area contributed by atoms with Gasteiger partial charge in [-0.15, -0.1) is 11.3 Å². The minimum Gasteiger partial charge on any atom is -0.493 e. The first-order valence-electron chi connectivity index (χ1n) is 11.6. The fourth-order valence-electron chi connectivity index (χ4n) is 4.06. The molecular formula is C25H28N6O5S. The first-order chi connectivity index (χ1) is 18.1. The Balaban J connectivity index is 1.41. The van der Waals surface area contributed by atoms with Crippen LogP contribution in [0.1, 0.15) is 0 Å². The third kappa shape index (κ3) is 5.11. The van der Waals surface area contributed by atoms with Crippen molar-refractivity contribution in [3.63, 3.8) is 0 Å². The van der Waals surface area contributed by atoms with Gasteiger partial charge in [-0.1, -0.05) is 0 Å². The zero-order valence-electron chi connectivity index (χ0n) is 21.0. The van der Waals surface area contributed by atoms with E-state index in [2.05, 4.69) is 25.5 Å². The Morgan fingerprint density at radius 2 is 1.65 bits per heavy atom. The Bertz CT molecular complexity index is 1370. The Labute approximate surface area is 218 Å². The molecule has 0 saturated carbocycles. The number of ether oxygens (including phenoxy) is 5. The normalized spacial score (nSPS) is 13.4. The minimum atomic E-state index is 0.429. The van der Waals surface area contributed by atoms with Crippen LogP contribution >= 0.6 is 11.3 Å². The number of nitrogens with one attached hydrogen (secondary N) is 2. The van der Waals surface area contributed by atoms with Crippen LogP contribution in [-0.4, -0.2) is 69.7 Å². The number of thiophene rings is 1. The summed E-state index contributed by atoms with van der Waals surface area (Å²) in [5.41, 5.74) is 3.04. The molecule has 0 atom stereocenters. The highest BCUT2D eigenvalue weighted by Gasteiger charge is 2.17. The van der Waals surface area contributed by atoms with E-state index in [1.807, 2.05) is 29.6 Å². The molecule has 1 aliphatic heterocycles. The number of benzene rings is 1. The molecule has 0 bridgehead atoms. The van der Waals surface area contributed by atoms with Crippen molar-refractivity contribution in [2.45, 2.75) is 0 Å². The van der Waals surface area contributed by atoms with E-state index in [0.717, 1.165) is 40.5 Å². The number of aromatic nitrogens is 3. The van der Waals surface area contributed by atoms with E-state index < -0.39 is 0 Å². The van der Waals surface area contributed by atoms with Crippen LogP contribution in [0, 0.1) is 0 Å². The summed E-state index contributed by atoms with van der Waals surface area (Å²) < 4.78 is 28.3. The summed E-state index contributed by atoms with van der Waals surface area (Å²) in [5.74, 6) is 3.38. The number of hydrogen-bond donors (Lipinski definition) is 2. The van der Waals surface area contributed by atoms with Gasteiger partial charge in [-0.2, -0.15) is 4.98 Å². The first kappa shape index (κ1) is 24.7. The van der Waals surface area contributed by atoms with Crippen molar-refractivity contribution in [3.8, 4) is 23.1 Å². The lowest BCUT2D eigenvalue weighted by Gasteiger charge is -2.28. The maximum Gasteiger partial charge on any atom is 0.239 e. The number of pyridine rings is 1. The van der Waals surface area contributed by atoms with Crippen molar-refractivity contribution in [1.29, 1.82) is 0 Å². The van der Waals surface area contributed by atoms with Crippen LogP contribution in [0.25, 0.3) is 10.2 Å². The van der Waals surface area contributed by atoms with Crippen molar-refractivity contribution < 1.29 is 23.7 Å². The quantitative estimate of drug-likeness (QED) is 0.324. The minimum absolute atomic E-state index is 0.429. The number of rotatable bonds is 9. The summed E-state index contributed by atoms with van der Waals surface area (Å²) in [6.07, 6.45) is 1.79. The van der Waals surface area contributed by atoms with Gasteiger partial charge in [-0.25, -0.2) is 9.97 Å². The third-order valence-corrected chi connectivity index (χ3v) is 6.78. The van der Waals surface area contributed by atoms with Crippen molar-refractivity contribution in [2.75, 3.05) is 70.3 Å². The lowest BCUT2D eigenvalue weighted by molar-refractivity contribution is 0.122. The summed E-state index contributed by atoms with van der Waals surface area (Å²) in [4.78, 5) is 16.1. The molecule has 11 nitrogen and oxygen atoms in total. The van der Waals surface area contributed by atoms with E-state index in [9.17, 15) is 0 Å². The Morgan fingerprint density at radius 3 is 2.32 bits per heavy atom. The van der Waals surface area contributed by atoms with Crippen LogP contribution < -0.4 is 34.5 Å². The molecule has 1 saturated heterocycles. The second-order valence-electron chi connectivity index (χ2n) is 8.05. The molecule has 0 amide bonds. The first-order valence-corrected chi connectivity index (χ1v) is 12.5. The molecule has 1 aromatic carbocycles. The van der Waals surface area contributed by atoms with E-state index in [4.69, 9.17) is 28.7 Å². The topological polar surface area (TPSA) is 112 Å². The third-order valence-electron chi connectivity index (χ3n) is 5.88. The molecule has 3 aromatic heterocycles. The average Bonchev–Trinajstić information content (AvgIpc) is 3.34. The molecular weight excluding hydrogens is 496 g/mol. The van der Waals surface area contributed by atoms with E-state index in [1.165, 1.54) is 0 Å². The smallest absolute Gasteiger partial charge is 0.239 e. The number of hydrogen-bond acceptors (Lipinski definition) is 12. The van der Waals surface area contributed by atoms with Gasteiger partial charge in [0.1, 0.15) is 17.0 Å². The second kappa shape index (κ2) is 10.9. The Kier molecular flexibility index (Phi) is 7.28. The molecule has 4 aromatic rings. The summed E-state index contributed by atoms with van der Waals surface area (Å²) in [7, 11) is 6.34. The van der Waals surface area contributed by atoms with Gasteiger partial charge in [0.25, 0.3) is 0 Å². The number of methoxy groups -OCH3 is 4. The number of nitrogens with zero attached hydrogens (tertiary/aromatic N) is 4. The molecule has 0 radical (unpaired) electrons. The molecule has 0 unspecified atom stereocenters. The zero-order valence-corrected chi connectivity index (χ0v) is 21.8. The van der Waals surface area contributed by atoms with Crippen molar-refractivity contribution in [2.24, 2.45) is 0 Å². The molecule has 1 fully saturated rings. The van der Waals surface area contributed by atoms with E-state index in [0.29, 0.717) is 48.0 Å². The summed E-state index contributed by atoms with van der Waals surface area (Å²) in [6, 6.07) is 7.57. The molecule has 0 spiro atoms. The maximum atomic E-state index is 5.56. The monoisotopic (exact) mass is 524 g/mol. The van der Waals surface area contributed by atoms with Gasteiger partial charge < -0.3 is 39.2 Å². The summed E-state index contributed by atoms with van der Waals surface area (Å²) in [5, 5.41) is 8.65. The zero-order chi connectivity index (χ0) is 25.8. The Morgan fingerprint density at radius 1 is 0.892 bits per heavy atom. The van der Waals surface area contributed by atoms with Gasteiger partial charge in [-0.3, -0.25) is 0 Å². The van der Waals surface area contributed by atoms with Gasteiger partial charge in [0.2, 0.25) is 17.6 Å². The van der Waals surface area contributed by atoms with Crippen LogP contribution in [-0.2, 0) is 4.74 Å². The van der Waals surface area contributed by atoms with Crippen LogP contribution in [0.15, 0.2) is 35.8 Å². The standard InChI is InChI=1S/C25H28N6O5S/c1-32-18-11-15(12-19(33-2)23(18)34-3)27-17-14-37-20-13-26-25(30-22(17)20)28-16-5-6-21(29-24(16)35-4)31-7-9-36-10-8-31/h5-6,11-14,27H,7-10H2,1-4H3,(H,26,28,30). The lowest BCUT2D eigenvalue weighted by atomic mass is 10.2. The van der Waals surface area contributed by atoms with Crippen molar-refractivity contribution in [3.05, 3.63) is 35.8 Å². The fourth-order valence-corrected chi connectivity index (χ4v) is 4.85. The van der Waals surface area contributed by atoms with E-state index >= 15 is 0 Å². The van der Waals surface area contributed by atoms with Crippen molar-refractivity contribution >= 4 is 50.4 Å². The molecule has 37 heavy (non-hydrogen) atoms. The van der Waals surface area contributed by atoms with Crippen molar-refractivity contribution in [1.82, 2.24) is 15.0 Å². The van der Waals surface area contributed by atoms with Gasteiger partial charge in [0.05, 0.1) is 58.2 Å². The highest BCUT2D eigenvalue weighted by molar-refractivity contribution is 7.17. The van der Waals surface area contributed by atoms with Gasteiger partial charge >= 0.3 is 0 Å². The highest BCUT2D eigenvalue weighted by Crippen LogP contribution is 2.41. The SMILES string of the molecule is COc1cc(Nc2csc3cnc(Nc4ccc(N5CCOCC5)nc4OC)nc23)cc(OC)c1OC. The van der Waals surface area contributed by atoms with Gasteiger partial charge in [0.15, 0.2) is 11.5 Å². The molecule has 194 valence electrons. The molecule has 5 rings (SSSR count). The summed E-state index contributed by atoms with van der Waals surface area (Å²) >= 11 is 1.55. The van der Waals surface area contributed by atoms with Crippen LogP contribution in [0.5, 0.6) is 23.1 Å². The number of fused-ring (bicyclic) bond motifs is 1. The molecule has 12 heteroatoms. The van der Waals surface area contributed by atoms with Gasteiger partial charge in [-0.05, 0) is 12.1 Å².